The van der Waals surface area contributed by atoms with Gasteiger partial charge in [0.15, 0.2) is 0 Å². The van der Waals surface area contributed by atoms with Crippen molar-refractivity contribution in [1.82, 2.24) is 0 Å². The van der Waals surface area contributed by atoms with E-state index in [4.69, 9.17) is 11.6 Å². The van der Waals surface area contributed by atoms with Crippen LogP contribution < -0.4 is 10.2 Å². The van der Waals surface area contributed by atoms with Gasteiger partial charge in [0.25, 0.3) is 0 Å². The second-order valence-corrected chi connectivity index (χ2v) is 5.95. The average molecular weight is 375 g/mol. The van der Waals surface area contributed by atoms with Gasteiger partial charge < -0.3 is 15.0 Å². The Labute approximate surface area is 156 Å². The van der Waals surface area contributed by atoms with Crippen LogP contribution in [0.3, 0.4) is 0 Å². The number of halogens is 1. The highest BCUT2D eigenvalue weighted by Gasteiger charge is 2.14. The van der Waals surface area contributed by atoms with Crippen LogP contribution in [0.4, 0.5) is 11.4 Å². The molecule has 26 heavy (non-hydrogen) atoms. The van der Waals surface area contributed by atoms with Gasteiger partial charge >= 0.3 is 5.97 Å². The number of amides is 2. The highest BCUT2D eigenvalue weighted by molar-refractivity contribution is 6.30. The van der Waals surface area contributed by atoms with Gasteiger partial charge in [-0.1, -0.05) is 17.7 Å². The highest BCUT2D eigenvalue weighted by Crippen LogP contribution is 2.20. The number of benzene rings is 2. The zero-order chi connectivity index (χ0) is 19.1. The molecule has 0 radical (unpaired) electrons. The third-order valence-corrected chi connectivity index (χ3v) is 3.89. The van der Waals surface area contributed by atoms with Crippen LogP contribution in [-0.4, -0.2) is 31.4 Å². The number of rotatable bonds is 6. The number of esters is 1. The molecule has 1 N–H and O–H groups in total. The predicted molar refractivity (Wildman–Crippen MR) is 101 cm³/mol. The van der Waals surface area contributed by atoms with Gasteiger partial charge in [0, 0.05) is 36.3 Å². The van der Waals surface area contributed by atoms with Crippen LogP contribution in [0, 0.1) is 0 Å². The Morgan fingerprint density at radius 2 is 1.81 bits per heavy atom. The summed E-state index contributed by atoms with van der Waals surface area (Å²) in [7, 11) is 1.30. The van der Waals surface area contributed by atoms with E-state index in [1.165, 1.54) is 18.9 Å². The summed E-state index contributed by atoms with van der Waals surface area (Å²) in [6.45, 7) is 1.66. The smallest absolute Gasteiger partial charge is 0.337 e. The van der Waals surface area contributed by atoms with Gasteiger partial charge in [-0.25, -0.2) is 4.79 Å². The normalized spacial score (nSPS) is 10.1. The Bertz CT molecular complexity index is 805. The van der Waals surface area contributed by atoms with Crippen molar-refractivity contribution in [1.29, 1.82) is 0 Å². The summed E-state index contributed by atoms with van der Waals surface area (Å²) in [5.41, 5.74) is 1.59. The largest absolute Gasteiger partial charge is 0.465 e. The third kappa shape index (κ3) is 5.32. The molecule has 0 aromatic heterocycles. The molecular formula is C19H19ClN2O4. The van der Waals surface area contributed by atoms with Gasteiger partial charge in [0.2, 0.25) is 11.8 Å². The second kappa shape index (κ2) is 9.01. The number of nitrogens with zero attached hydrogens (tertiary/aromatic N) is 1. The average Bonchev–Trinajstić information content (AvgIpc) is 2.61. The van der Waals surface area contributed by atoms with Crippen molar-refractivity contribution in [3.05, 3.63) is 59.1 Å². The van der Waals surface area contributed by atoms with E-state index in [2.05, 4.69) is 10.1 Å². The minimum atomic E-state index is -0.443. The molecule has 0 bridgehead atoms. The van der Waals surface area contributed by atoms with E-state index >= 15 is 0 Å². The maximum atomic E-state index is 12.1. The zero-order valence-electron chi connectivity index (χ0n) is 14.5. The van der Waals surface area contributed by atoms with Crippen LogP contribution in [0.15, 0.2) is 48.5 Å². The van der Waals surface area contributed by atoms with Crippen LogP contribution in [0.25, 0.3) is 0 Å². The van der Waals surface area contributed by atoms with Crippen molar-refractivity contribution in [2.75, 3.05) is 23.9 Å². The second-order valence-electron chi connectivity index (χ2n) is 5.52. The maximum Gasteiger partial charge on any atom is 0.337 e. The van der Waals surface area contributed by atoms with Gasteiger partial charge in [-0.15, -0.1) is 0 Å². The molecule has 2 rings (SSSR count). The first-order valence-electron chi connectivity index (χ1n) is 7.92. The van der Waals surface area contributed by atoms with Crippen LogP contribution in [0.2, 0.25) is 5.02 Å². The Kier molecular flexibility index (Phi) is 6.74. The molecule has 7 heteroatoms. The first-order chi connectivity index (χ1) is 12.4. The molecule has 2 aromatic carbocycles. The number of ether oxygens (including phenoxy) is 1. The SMILES string of the molecule is COC(=O)c1ccc(NC(=O)CCN(C(C)=O)c2cccc(Cl)c2)cc1. The molecule has 2 amide bonds. The molecule has 0 aliphatic rings. The molecule has 0 saturated carbocycles. The zero-order valence-corrected chi connectivity index (χ0v) is 15.2. The number of nitrogens with one attached hydrogen (secondary N) is 1. The summed E-state index contributed by atoms with van der Waals surface area (Å²) >= 11 is 5.96. The van der Waals surface area contributed by atoms with Gasteiger partial charge in [0.05, 0.1) is 12.7 Å². The molecular weight excluding hydrogens is 356 g/mol. The van der Waals surface area contributed by atoms with Gasteiger partial charge in [-0.3, -0.25) is 9.59 Å². The number of hydrogen-bond acceptors (Lipinski definition) is 4. The molecule has 0 fully saturated rings. The molecule has 0 aliphatic carbocycles. The molecule has 0 aliphatic heterocycles. The Morgan fingerprint density at radius 1 is 1.12 bits per heavy atom. The topological polar surface area (TPSA) is 75.7 Å². The van der Waals surface area contributed by atoms with E-state index < -0.39 is 5.97 Å². The summed E-state index contributed by atoms with van der Waals surface area (Å²) in [6.07, 6.45) is 0.116. The number of anilines is 2. The third-order valence-electron chi connectivity index (χ3n) is 3.65. The monoisotopic (exact) mass is 374 g/mol. The summed E-state index contributed by atoms with van der Waals surface area (Å²) in [5.74, 6) is -0.868. The van der Waals surface area contributed by atoms with E-state index in [1.54, 1.807) is 48.5 Å². The molecule has 0 atom stereocenters. The van der Waals surface area contributed by atoms with E-state index in [9.17, 15) is 14.4 Å². The number of carbonyl (C=O) groups is 3. The van der Waals surface area contributed by atoms with Gasteiger partial charge in [-0.2, -0.15) is 0 Å². The Morgan fingerprint density at radius 3 is 2.38 bits per heavy atom. The fraction of sp³-hybridized carbons (Fsp3) is 0.211. The summed E-state index contributed by atoms with van der Waals surface area (Å²) in [6, 6.07) is 13.3. The standard InChI is InChI=1S/C19H19ClN2O4/c1-13(23)22(17-5-3-4-15(20)12-17)11-10-18(24)21-16-8-6-14(7-9-16)19(25)26-2/h3-9,12H,10-11H2,1-2H3,(H,21,24). The van der Waals surface area contributed by atoms with Crippen molar-refractivity contribution in [3.63, 3.8) is 0 Å². The lowest BCUT2D eigenvalue weighted by Gasteiger charge is -2.21. The molecule has 0 heterocycles. The van der Waals surface area contributed by atoms with E-state index in [-0.39, 0.29) is 24.8 Å². The van der Waals surface area contributed by atoms with E-state index in [1.807, 2.05) is 0 Å². The fourth-order valence-corrected chi connectivity index (χ4v) is 2.54. The van der Waals surface area contributed by atoms with Crippen molar-refractivity contribution in [3.8, 4) is 0 Å². The summed E-state index contributed by atoms with van der Waals surface area (Å²) in [5, 5.41) is 3.25. The lowest BCUT2D eigenvalue weighted by molar-refractivity contribution is -0.117. The predicted octanol–water partition coefficient (Wildman–Crippen LogP) is 3.51. The quantitative estimate of drug-likeness (QED) is 0.785. The molecule has 0 saturated heterocycles. The molecule has 0 spiro atoms. The van der Waals surface area contributed by atoms with Gasteiger partial charge in [0.1, 0.15) is 0 Å². The first-order valence-corrected chi connectivity index (χ1v) is 8.30. The van der Waals surface area contributed by atoms with Crippen molar-refractivity contribution >= 4 is 40.8 Å². The minimum absolute atomic E-state index is 0.116. The van der Waals surface area contributed by atoms with Crippen LogP contribution >= 0.6 is 11.6 Å². The lowest BCUT2D eigenvalue weighted by Crippen LogP contribution is -2.31. The molecule has 136 valence electrons. The van der Waals surface area contributed by atoms with Gasteiger partial charge in [-0.05, 0) is 42.5 Å². The number of carbonyl (C=O) groups excluding carboxylic acids is 3. The molecule has 6 nitrogen and oxygen atoms in total. The number of hydrogen-bond donors (Lipinski definition) is 1. The van der Waals surface area contributed by atoms with Crippen LogP contribution in [-0.2, 0) is 14.3 Å². The molecule has 0 unspecified atom stereocenters. The fourth-order valence-electron chi connectivity index (χ4n) is 2.36. The maximum absolute atomic E-state index is 12.1. The van der Waals surface area contributed by atoms with Crippen molar-refractivity contribution < 1.29 is 19.1 Å². The molecule has 2 aromatic rings. The highest BCUT2D eigenvalue weighted by atomic mass is 35.5. The first kappa shape index (κ1) is 19.5. The van der Waals surface area contributed by atoms with Crippen molar-refractivity contribution in [2.45, 2.75) is 13.3 Å². The van der Waals surface area contributed by atoms with Crippen LogP contribution in [0.1, 0.15) is 23.7 Å². The number of methoxy groups -OCH3 is 1. The lowest BCUT2D eigenvalue weighted by atomic mass is 10.2. The Balaban J connectivity index is 1.96. The summed E-state index contributed by atoms with van der Waals surface area (Å²) < 4.78 is 4.62. The Hall–Kier alpha value is -2.86. The van der Waals surface area contributed by atoms with E-state index in [0.29, 0.717) is 22.0 Å². The van der Waals surface area contributed by atoms with Crippen LogP contribution in [0.5, 0.6) is 0 Å². The summed E-state index contributed by atoms with van der Waals surface area (Å²) in [4.78, 5) is 36.9. The van der Waals surface area contributed by atoms with E-state index in [0.717, 1.165) is 0 Å². The van der Waals surface area contributed by atoms with Crippen molar-refractivity contribution in [2.24, 2.45) is 0 Å². The minimum Gasteiger partial charge on any atom is -0.465 e.